The summed E-state index contributed by atoms with van der Waals surface area (Å²) in [7, 11) is 0. The van der Waals surface area contributed by atoms with Gasteiger partial charge in [0, 0.05) is 0 Å². The van der Waals surface area contributed by atoms with Gasteiger partial charge in [-0.3, -0.25) is 4.79 Å². The maximum Gasteiger partial charge on any atom is 0.306 e. The number of fused-ring (bicyclic) bond motifs is 7. The zero-order valence-electron chi connectivity index (χ0n) is 22.2. The molecule has 186 valence electrons. The van der Waals surface area contributed by atoms with Crippen LogP contribution in [0.5, 0.6) is 0 Å². The SMILES string of the molecule is C[C@H]1[C@H](C)C[C@@H](C(=O)O)C2CC[C@]3(C)C(=CC[C@@H]4[C@@]5(C)CC[C@H](O)C(C)(C)[C@@H]5CC[C@]43C)[C@@H]21. The molecule has 4 fully saturated rings. The van der Waals surface area contributed by atoms with Crippen molar-refractivity contribution in [1.82, 2.24) is 0 Å². The van der Waals surface area contributed by atoms with Crippen LogP contribution < -0.4 is 0 Å². The normalized spacial score (nSPS) is 55.3. The summed E-state index contributed by atoms with van der Waals surface area (Å²) in [6.07, 6.45) is 11.2. The third-order valence-electron chi connectivity index (χ3n) is 13.2. The van der Waals surface area contributed by atoms with Gasteiger partial charge in [0.05, 0.1) is 12.0 Å². The first-order valence-electron chi connectivity index (χ1n) is 13.9. The molecule has 0 aromatic heterocycles. The van der Waals surface area contributed by atoms with Crippen LogP contribution in [0.3, 0.4) is 0 Å². The Morgan fingerprint density at radius 3 is 2.33 bits per heavy atom. The molecule has 3 heteroatoms. The predicted molar refractivity (Wildman–Crippen MR) is 133 cm³/mol. The van der Waals surface area contributed by atoms with Gasteiger partial charge in [-0.25, -0.2) is 0 Å². The Labute approximate surface area is 201 Å². The van der Waals surface area contributed by atoms with Crippen molar-refractivity contribution >= 4 is 5.97 Å². The minimum atomic E-state index is -0.566. The molecule has 5 rings (SSSR count). The number of carboxylic acid groups (broad SMARTS) is 1. The van der Waals surface area contributed by atoms with Crippen LogP contribution in [-0.2, 0) is 4.79 Å². The Kier molecular flexibility index (Phi) is 5.31. The van der Waals surface area contributed by atoms with Crippen molar-refractivity contribution in [2.45, 2.75) is 106 Å². The van der Waals surface area contributed by atoms with E-state index >= 15 is 0 Å². The molecule has 0 radical (unpaired) electrons. The fourth-order valence-electron chi connectivity index (χ4n) is 10.9. The van der Waals surface area contributed by atoms with Gasteiger partial charge < -0.3 is 10.2 Å². The standard InChI is InChI=1S/C30H48O3/c1-17-16-20(26(32)33)19-10-14-29(6)21(25(19)18(17)2)8-9-23-28(5)13-12-24(31)27(3,4)22(28)11-15-30(23,29)7/h8,17-20,22-25,31H,9-16H2,1-7H3,(H,32,33)/t17-,18+,19?,20-,22+,23-,24+,25-,28+,29-,30-/m1/s1. The van der Waals surface area contributed by atoms with Gasteiger partial charge in [0.2, 0.25) is 0 Å². The molecule has 0 spiro atoms. The molecule has 33 heavy (non-hydrogen) atoms. The van der Waals surface area contributed by atoms with Crippen LogP contribution >= 0.6 is 0 Å². The largest absolute Gasteiger partial charge is 0.481 e. The molecule has 5 aliphatic rings. The van der Waals surface area contributed by atoms with Crippen LogP contribution in [0.2, 0.25) is 0 Å². The lowest BCUT2D eigenvalue weighted by Gasteiger charge is -2.70. The molecule has 0 aromatic rings. The molecule has 0 saturated heterocycles. The molecule has 11 atom stereocenters. The first-order valence-corrected chi connectivity index (χ1v) is 13.9. The molecule has 4 saturated carbocycles. The molecule has 2 N–H and O–H groups in total. The summed E-state index contributed by atoms with van der Waals surface area (Å²) in [5.74, 6) is 2.25. The van der Waals surface area contributed by atoms with Crippen LogP contribution in [0.4, 0.5) is 0 Å². The second-order valence-corrected chi connectivity index (χ2v) is 14.4. The van der Waals surface area contributed by atoms with Crippen LogP contribution in [0.1, 0.15) is 99.8 Å². The van der Waals surface area contributed by atoms with E-state index in [1.165, 1.54) is 12.8 Å². The summed E-state index contributed by atoms with van der Waals surface area (Å²) in [6.45, 7) is 17.1. The summed E-state index contributed by atoms with van der Waals surface area (Å²) < 4.78 is 0. The number of hydrogen-bond acceptors (Lipinski definition) is 2. The van der Waals surface area contributed by atoms with Crippen molar-refractivity contribution in [3.05, 3.63) is 11.6 Å². The molecular formula is C30H48O3. The number of allylic oxidation sites excluding steroid dienone is 2. The van der Waals surface area contributed by atoms with E-state index in [4.69, 9.17) is 0 Å². The average molecular weight is 457 g/mol. The summed E-state index contributed by atoms with van der Waals surface area (Å²) >= 11 is 0. The number of rotatable bonds is 1. The molecule has 0 heterocycles. The maximum absolute atomic E-state index is 12.2. The van der Waals surface area contributed by atoms with Crippen molar-refractivity contribution in [3.63, 3.8) is 0 Å². The maximum atomic E-state index is 12.2. The van der Waals surface area contributed by atoms with E-state index in [2.05, 4.69) is 54.5 Å². The Balaban J connectivity index is 1.57. The first-order chi connectivity index (χ1) is 15.3. The molecule has 3 nitrogen and oxygen atoms in total. The van der Waals surface area contributed by atoms with E-state index in [1.54, 1.807) is 5.57 Å². The monoisotopic (exact) mass is 456 g/mol. The minimum Gasteiger partial charge on any atom is -0.481 e. The van der Waals surface area contributed by atoms with Gasteiger partial charge in [-0.2, -0.15) is 0 Å². The third kappa shape index (κ3) is 2.93. The van der Waals surface area contributed by atoms with Gasteiger partial charge in [0.25, 0.3) is 0 Å². The molecule has 0 aliphatic heterocycles. The van der Waals surface area contributed by atoms with Gasteiger partial charge >= 0.3 is 5.97 Å². The van der Waals surface area contributed by atoms with Crippen molar-refractivity contribution < 1.29 is 15.0 Å². The molecular weight excluding hydrogens is 408 g/mol. The van der Waals surface area contributed by atoms with Gasteiger partial charge in [-0.1, -0.05) is 60.1 Å². The predicted octanol–water partition coefficient (Wildman–Crippen LogP) is 6.95. The van der Waals surface area contributed by atoms with Crippen LogP contribution in [0, 0.1) is 63.1 Å². The van der Waals surface area contributed by atoms with Crippen molar-refractivity contribution in [2.24, 2.45) is 63.1 Å². The van der Waals surface area contributed by atoms with Gasteiger partial charge in [0.15, 0.2) is 0 Å². The van der Waals surface area contributed by atoms with Gasteiger partial charge in [-0.05, 0) is 109 Å². The zero-order chi connectivity index (χ0) is 24.1. The second-order valence-electron chi connectivity index (χ2n) is 14.4. The van der Waals surface area contributed by atoms with E-state index in [0.717, 1.165) is 38.5 Å². The highest BCUT2D eigenvalue weighted by Gasteiger charge is 2.67. The summed E-state index contributed by atoms with van der Waals surface area (Å²) in [6, 6.07) is 0. The molecule has 5 aliphatic carbocycles. The lowest BCUT2D eigenvalue weighted by Crippen LogP contribution is -2.64. The summed E-state index contributed by atoms with van der Waals surface area (Å²) in [5.41, 5.74) is 2.32. The van der Waals surface area contributed by atoms with Crippen molar-refractivity contribution in [2.75, 3.05) is 0 Å². The number of carboxylic acids is 1. The topological polar surface area (TPSA) is 57.5 Å². The lowest BCUT2D eigenvalue weighted by atomic mass is 9.34. The Hall–Kier alpha value is -0.830. The van der Waals surface area contributed by atoms with Crippen molar-refractivity contribution in [1.29, 1.82) is 0 Å². The molecule has 1 unspecified atom stereocenters. The first kappa shape index (κ1) is 23.9. The van der Waals surface area contributed by atoms with E-state index in [9.17, 15) is 15.0 Å². The fourth-order valence-corrected chi connectivity index (χ4v) is 10.9. The van der Waals surface area contributed by atoms with E-state index in [1.807, 2.05) is 0 Å². The number of carbonyl (C=O) groups is 1. The van der Waals surface area contributed by atoms with Crippen LogP contribution in [-0.4, -0.2) is 22.3 Å². The Morgan fingerprint density at radius 2 is 1.67 bits per heavy atom. The number of aliphatic carboxylic acids is 1. The summed E-state index contributed by atoms with van der Waals surface area (Å²) in [5, 5.41) is 21.0. The number of aliphatic hydroxyl groups is 1. The smallest absolute Gasteiger partial charge is 0.306 e. The fraction of sp³-hybridized carbons (Fsp3) is 0.900. The minimum absolute atomic E-state index is 0.0150. The highest BCUT2D eigenvalue weighted by molar-refractivity contribution is 5.71. The average Bonchev–Trinajstić information content (AvgIpc) is 2.73. The Morgan fingerprint density at radius 1 is 0.970 bits per heavy atom. The summed E-state index contributed by atoms with van der Waals surface area (Å²) in [4.78, 5) is 12.2. The van der Waals surface area contributed by atoms with Crippen LogP contribution in [0.25, 0.3) is 0 Å². The Bertz CT molecular complexity index is 859. The van der Waals surface area contributed by atoms with Gasteiger partial charge in [0.1, 0.15) is 0 Å². The molecule has 0 bridgehead atoms. The highest BCUT2D eigenvalue weighted by atomic mass is 16.4. The zero-order valence-corrected chi connectivity index (χ0v) is 22.2. The third-order valence-corrected chi connectivity index (χ3v) is 13.2. The van der Waals surface area contributed by atoms with Gasteiger partial charge in [-0.15, -0.1) is 0 Å². The second kappa shape index (κ2) is 7.34. The number of hydrogen-bond donors (Lipinski definition) is 2. The highest BCUT2D eigenvalue weighted by Crippen LogP contribution is 2.74. The van der Waals surface area contributed by atoms with E-state index in [0.29, 0.717) is 35.5 Å². The quantitative estimate of drug-likeness (QED) is 0.420. The number of aliphatic hydroxyl groups excluding tert-OH is 1. The van der Waals surface area contributed by atoms with Crippen molar-refractivity contribution in [3.8, 4) is 0 Å². The van der Waals surface area contributed by atoms with E-state index in [-0.39, 0.29) is 33.7 Å². The van der Waals surface area contributed by atoms with Crippen LogP contribution in [0.15, 0.2) is 11.6 Å². The lowest BCUT2D eigenvalue weighted by molar-refractivity contribution is -0.202. The molecule has 0 amide bonds. The van der Waals surface area contributed by atoms with E-state index < -0.39 is 5.97 Å². The molecule has 0 aromatic carbocycles.